The topological polar surface area (TPSA) is 66.9 Å². The zero-order valence-corrected chi connectivity index (χ0v) is 14.8. The molecule has 5 nitrogen and oxygen atoms in total. The molecule has 118 valence electrons. The van der Waals surface area contributed by atoms with E-state index in [2.05, 4.69) is 20.8 Å². The number of nitrogens with one attached hydrogen (secondary N) is 2. The highest BCUT2D eigenvalue weighted by atomic mass is 32.2. The number of carbonyl (C=O) groups excluding carboxylic acids is 1. The number of carbonyl (C=O) groups is 1. The molecule has 2 N–H and O–H groups in total. The first-order valence-electron chi connectivity index (χ1n) is 7.04. The van der Waals surface area contributed by atoms with E-state index in [4.69, 9.17) is 0 Å². The highest BCUT2D eigenvalue weighted by Crippen LogP contribution is 2.26. The number of para-hydroxylation sites is 1. The monoisotopic (exact) mass is 336 g/mol. The van der Waals surface area contributed by atoms with E-state index in [0.717, 1.165) is 26.3 Å². The Bertz CT molecular complexity index is 634. The molecule has 1 aromatic carbocycles. The molecular formula is C15H20N4OS2. The third kappa shape index (κ3) is 4.71. The van der Waals surface area contributed by atoms with Crippen molar-refractivity contribution < 1.29 is 4.79 Å². The number of hydrogen-bond donors (Lipinski definition) is 2. The Hall–Kier alpha value is -1.60. The standard InChI is InChI=1S/C15H20N4OS2/c1-9(2)16-14-18-19-15(22-14)21-8-12(20)17-13-10(3)6-5-7-11(13)4/h5-7,9H,8H2,1-4H3,(H,16,18)(H,17,20). The van der Waals surface area contributed by atoms with Gasteiger partial charge < -0.3 is 10.6 Å². The number of rotatable bonds is 6. The van der Waals surface area contributed by atoms with Crippen LogP contribution in [0.15, 0.2) is 22.5 Å². The second-order valence-corrected chi connectivity index (χ2v) is 7.48. The van der Waals surface area contributed by atoms with Crippen LogP contribution in [-0.4, -0.2) is 27.9 Å². The van der Waals surface area contributed by atoms with Crippen molar-refractivity contribution in [1.29, 1.82) is 0 Å². The Balaban J connectivity index is 1.89. The molecule has 1 amide bonds. The minimum atomic E-state index is -0.0315. The Morgan fingerprint density at radius 2 is 1.95 bits per heavy atom. The zero-order chi connectivity index (χ0) is 16.1. The summed E-state index contributed by atoms with van der Waals surface area (Å²) in [6.07, 6.45) is 0. The molecule has 0 atom stereocenters. The summed E-state index contributed by atoms with van der Waals surface area (Å²) in [6, 6.07) is 6.28. The molecule has 0 saturated heterocycles. The lowest BCUT2D eigenvalue weighted by Crippen LogP contribution is -2.15. The number of nitrogens with zero attached hydrogens (tertiary/aromatic N) is 2. The number of anilines is 2. The third-order valence-electron chi connectivity index (χ3n) is 2.89. The molecular weight excluding hydrogens is 316 g/mol. The van der Waals surface area contributed by atoms with Crippen LogP contribution in [0.1, 0.15) is 25.0 Å². The molecule has 0 unspecified atom stereocenters. The molecule has 0 spiro atoms. The van der Waals surface area contributed by atoms with Crippen molar-refractivity contribution in [1.82, 2.24) is 10.2 Å². The van der Waals surface area contributed by atoms with E-state index in [0.29, 0.717) is 11.8 Å². The van der Waals surface area contributed by atoms with E-state index >= 15 is 0 Å². The van der Waals surface area contributed by atoms with Crippen molar-refractivity contribution in [3.63, 3.8) is 0 Å². The second-order valence-electron chi connectivity index (χ2n) is 5.28. The van der Waals surface area contributed by atoms with E-state index in [1.807, 2.05) is 45.9 Å². The number of hydrogen-bond acceptors (Lipinski definition) is 6. The van der Waals surface area contributed by atoms with Crippen LogP contribution >= 0.6 is 23.1 Å². The average molecular weight is 336 g/mol. The lowest BCUT2D eigenvalue weighted by atomic mass is 10.1. The number of thioether (sulfide) groups is 1. The smallest absolute Gasteiger partial charge is 0.234 e. The first-order valence-corrected chi connectivity index (χ1v) is 8.85. The second kappa shape index (κ2) is 7.60. The van der Waals surface area contributed by atoms with Crippen molar-refractivity contribution in [2.75, 3.05) is 16.4 Å². The average Bonchev–Trinajstić information content (AvgIpc) is 2.87. The van der Waals surface area contributed by atoms with Gasteiger partial charge in [-0.25, -0.2) is 0 Å². The zero-order valence-electron chi connectivity index (χ0n) is 13.1. The van der Waals surface area contributed by atoms with Crippen LogP contribution in [-0.2, 0) is 4.79 Å². The van der Waals surface area contributed by atoms with Gasteiger partial charge in [-0.1, -0.05) is 41.3 Å². The first-order chi connectivity index (χ1) is 10.5. The number of benzene rings is 1. The third-order valence-corrected chi connectivity index (χ3v) is 4.88. The number of aromatic nitrogens is 2. The van der Waals surface area contributed by atoms with Crippen LogP contribution in [0.5, 0.6) is 0 Å². The summed E-state index contributed by atoms with van der Waals surface area (Å²) < 4.78 is 0.791. The number of amides is 1. The fraction of sp³-hybridized carbons (Fsp3) is 0.400. The summed E-state index contributed by atoms with van der Waals surface area (Å²) in [5, 5.41) is 15.1. The molecule has 0 bridgehead atoms. The maximum atomic E-state index is 12.1. The highest BCUT2D eigenvalue weighted by Gasteiger charge is 2.10. The van der Waals surface area contributed by atoms with E-state index in [1.165, 1.54) is 23.1 Å². The molecule has 0 fully saturated rings. The Morgan fingerprint density at radius 1 is 1.27 bits per heavy atom. The SMILES string of the molecule is Cc1cccc(C)c1NC(=O)CSc1nnc(NC(C)C)s1. The van der Waals surface area contributed by atoms with E-state index in [9.17, 15) is 4.79 Å². The molecule has 0 saturated carbocycles. The normalized spacial score (nSPS) is 10.8. The van der Waals surface area contributed by atoms with Gasteiger partial charge in [0.25, 0.3) is 0 Å². The molecule has 0 aliphatic rings. The first kappa shape index (κ1) is 16.8. The lowest BCUT2D eigenvalue weighted by molar-refractivity contribution is -0.113. The summed E-state index contributed by atoms with van der Waals surface area (Å²) in [7, 11) is 0. The van der Waals surface area contributed by atoms with Crippen molar-refractivity contribution in [2.45, 2.75) is 38.1 Å². The molecule has 1 heterocycles. The van der Waals surface area contributed by atoms with Gasteiger partial charge in [-0.05, 0) is 38.8 Å². The predicted octanol–water partition coefficient (Wildman–Crippen LogP) is 3.71. The van der Waals surface area contributed by atoms with E-state index < -0.39 is 0 Å². The summed E-state index contributed by atoms with van der Waals surface area (Å²) in [5.74, 6) is 0.292. The van der Waals surface area contributed by atoms with Crippen molar-refractivity contribution >= 4 is 39.8 Å². The summed E-state index contributed by atoms with van der Waals surface area (Å²) in [5.41, 5.74) is 3.03. The molecule has 0 aliphatic heterocycles. The van der Waals surface area contributed by atoms with Gasteiger partial charge in [0.15, 0.2) is 4.34 Å². The maximum absolute atomic E-state index is 12.1. The predicted molar refractivity (Wildman–Crippen MR) is 93.9 cm³/mol. The number of aryl methyl sites for hydroxylation is 2. The summed E-state index contributed by atoms with van der Waals surface area (Å²) in [4.78, 5) is 12.1. The van der Waals surface area contributed by atoms with Crippen LogP contribution < -0.4 is 10.6 Å². The van der Waals surface area contributed by atoms with Crippen molar-refractivity contribution in [3.05, 3.63) is 29.3 Å². The van der Waals surface area contributed by atoms with Gasteiger partial charge in [-0.2, -0.15) is 0 Å². The van der Waals surface area contributed by atoms with Crippen LogP contribution in [0.4, 0.5) is 10.8 Å². The maximum Gasteiger partial charge on any atom is 0.234 e. The fourth-order valence-electron chi connectivity index (χ4n) is 1.89. The van der Waals surface area contributed by atoms with Crippen LogP contribution in [0.2, 0.25) is 0 Å². The van der Waals surface area contributed by atoms with Gasteiger partial charge >= 0.3 is 0 Å². The van der Waals surface area contributed by atoms with Crippen molar-refractivity contribution in [2.24, 2.45) is 0 Å². The van der Waals surface area contributed by atoms with Crippen LogP contribution in [0, 0.1) is 13.8 Å². The Kier molecular flexibility index (Phi) is 5.79. The summed E-state index contributed by atoms with van der Waals surface area (Å²) in [6.45, 7) is 8.08. The van der Waals surface area contributed by atoms with Gasteiger partial charge in [0.1, 0.15) is 0 Å². The van der Waals surface area contributed by atoms with Crippen LogP contribution in [0.3, 0.4) is 0 Å². The minimum absolute atomic E-state index is 0.0315. The molecule has 2 rings (SSSR count). The Morgan fingerprint density at radius 3 is 2.59 bits per heavy atom. The van der Waals surface area contributed by atoms with Gasteiger partial charge in [0, 0.05) is 11.7 Å². The van der Waals surface area contributed by atoms with Crippen LogP contribution in [0.25, 0.3) is 0 Å². The lowest BCUT2D eigenvalue weighted by Gasteiger charge is -2.10. The molecule has 2 aromatic rings. The van der Waals surface area contributed by atoms with Gasteiger partial charge in [-0.3, -0.25) is 4.79 Å². The van der Waals surface area contributed by atoms with Gasteiger partial charge in [0.2, 0.25) is 11.0 Å². The molecule has 0 radical (unpaired) electrons. The molecule has 7 heteroatoms. The molecule has 1 aromatic heterocycles. The minimum Gasteiger partial charge on any atom is -0.358 e. The largest absolute Gasteiger partial charge is 0.358 e. The van der Waals surface area contributed by atoms with E-state index in [1.54, 1.807) is 0 Å². The van der Waals surface area contributed by atoms with Gasteiger partial charge in [-0.15, -0.1) is 10.2 Å². The Labute approximate surface area is 138 Å². The molecule has 0 aliphatic carbocycles. The quantitative estimate of drug-likeness (QED) is 0.787. The van der Waals surface area contributed by atoms with Crippen molar-refractivity contribution in [3.8, 4) is 0 Å². The summed E-state index contributed by atoms with van der Waals surface area (Å²) >= 11 is 2.87. The highest BCUT2D eigenvalue weighted by molar-refractivity contribution is 8.01. The fourth-order valence-corrected chi connectivity index (χ4v) is 3.59. The molecule has 22 heavy (non-hydrogen) atoms. The van der Waals surface area contributed by atoms with Gasteiger partial charge in [0.05, 0.1) is 5.75 Å². The van der Waals surface area contributed by atoms with E-state index in [-0.39, 0.29) is 5.91 Å².